The van der Waals surface area contributed by atoms with E-state index in [2.05, 4.69) is 41.1 Å². The zero-order chi connectivity index (χ0) is 24.1. The average Bonchev–Trinajstić information content (AvgIpc) is 2.86. The van der Waals surface area contributed by atoms with E-state index < -0.39 is 10.2 Å². The lowest BCUT2D eigenvalue weighted by Crippen LogP contribution is -2.51. The highest BCUT2D eigenvalue weighted by atomic mass is 32.2. The van der Waals surface area contributed by atoms with Crippen LogP contribution in [0.1, 0.15) is 45.1 Å². The third kappa shape index (κ3) is 6.37. The predicted molar refractivity (Wildman–Crippen MR) is 136 cm³/mol. The second-order valence-electron chi connectivity index (χ2n) is 10.2. The fraction of sp³-hybridized carbons (Fsp3) is 0.720. The molecule has 34 heavy (non-hydrogen) atoms. The van der Waals surface area contributed by atoms with Crippen LogP contribution in [0.4, 0.5) is 5.69 Å². The number of carbonyl (C=O) groups excluding carboxylic acids is 1. The predicted octanol–water partition coefficient (Wildman–Crippen LogP) is 2.45. The number of hydrogen-bond donors (Lipinski definition) is 1. The quantitative estimate of drug-likeness (QED) is 0.634. The van der Waals surface area contributed by atoms with Gasteiger partial charge in [0.15, 0.2) is 0 Å². The highest BCUT2D eigenvalue weighted by Gasteiger charge is 2.37. The molecule has 1 unspecified atom stereocenters. The van der Waals surface area contributed by atoms with Crippen LogP contribution in [0.5, 0.6) is 0 Å². The highest BCUT2D eigenvalue weighted by molar-refractivity contribution is 7.86. The summed E-state index contributed by atoms with van der Waals surface area (Å²) in [4.78, 5) is 17.9. The number of likely N-dealkylation sites (N-methyl/N-ethyl adjacent to an activating group) is 1. The van der Waals surface area contributed by atoms with Crippen molar-refractivity contribution in [1.82, 2.24) is 18.4 Å². The van der Waals surface area contributed by atoms with Gasteiger partial charge in [0.25, 0.3) is 10.2 Å². The molecule has 3 saturated heterocycles. The Balaban J connectivity index is 1.28. The van der Waals surface area contributed by atoms with Gasteiger partial charge in [0.1, 0.15) is 0 Å². The molecule has 0 bridgehead atoms. The van der Waals surface area contributed by atoms with Gasteiger partial charge in [-0.1, -0.05) is 26.0 Å². The molecular formula is C25H41N5O3S. The lowest BCUT2D eigenvalue weighted by molar-refractivity contribution is -0.120. The van der Waals surface area contributed by atoms with E-state index in [1.165, 1.54) is 9.87 Å². The van der Waals surface area contributed by atoms with Crippen molar-refractivity contribution in [3.63, 3.8) is 0 Å². The topological polar surface area (TPSA) is 76.2 Å². The van der Waals surface area contributed by atoms with Crippen LogP contribution in [0, 0.1) is 11.8 Å². The van der Waals surface area contributed by atoms with Crippen molar-refractivity contribution < 1.29 is 13.2 Å². The molecule has 1 amide bonds. The standard InChI is InChI=1S/C25H41N5O3S/c1-3-27-15-17-28(18-16-27)19-22-6-8-24(9-7-22)26-25(31)23-5-4-12-30(20-23)34(32,33)29-13-10-21(2)11-14-29/h6-9,21,23H,3-5,10-20H2,1-2H3,(H,26,31). The van der Waals surface area contributed by atoms with E-state index >= 15 is 0 Å². The smallest absolute Gasteiger partial charge is 0.281 e. The van der Waals surface area contributed by atoms with Gasteiger partial charge in [-0.3, -0.25) is 9.69 Å². The van der Waals surface area contributed by atoms with Crippen molar-refractivity contribution in [3.8, 4) is 0 Å². The number of benzene rings is 1. The van der Waals surface area contributed by atoms with Crippen molar-refractivity contribution in [3.05, 3.63) is 29.8 Å². The van der Waals surface area contributed by atoms with Crippen LogP contribution < -0.4 is 5.32 Å². The first kappa shape index (κ1) is 25.6. The molecule has 1 atom stereocenters. The average molecular weight is 492 g/mol. The SMILES string of the molecule is CCN1CCN(Cc2ccc(NC(=O)C3CCCN(S(=O)(=O)N4CCC(C)CC4)C3)cc2)CC1. The zero-order valence-corrected chi connectivity index (χ0v) is 21.6. The maximum absolute atomic E-state index is 13.1. The first-order valence-corrected chi connectivity index (χ1v) is 14.3. The molecule has 3 fully saturated rings. The Bertz CT molecular complexity index is 907. The van der Waals surface area contributed by atoms with Crippen molar-refractivity contribution >= 4 is 21.8 Å². The number of hydrogen-bond acceptors (Lipinski definition) is 5. The normalized spacial score (nSPS) is 24.8. The van der Waals surface area contributed by atoms with Crippen LogP contribution in [0.3, 0.4) is 0 Å². The van der Waals surface area contributed by atoms with E-state index in [1.54, 1.807) is 4.31 Å². The van der Waals surface area contributed by atoms with Gasteiger partial charge in [0.2, 0.25) is 5.91 Å². The van der Waals surface area contributed by atoms with Crippen molar-refractivity contribution in [1.29, 1.82) is 0 Å². The van der Waals surface area contributed by atoms with Crippen molar-refractivity contribution in [2.45, 2.75) is 46.1 Å². The minimum absolute atomic E-state index is 0.0874. The number of nitrogens with one attached hydrogen (secondary N) is 1. The molecule has 3 heterocycles. The minimum atomic E-state index is -3.49. The number of amides is 1. The number of anilines is 1. The number of piperidine rings is 2. The Morgan fingerprint density at radius 3 is 2.21 bits per heavy atom. The highest BCUT2D eigenvalue weighted by Crippen LogP contribution is 2.26. The van der Waals surface area contributed by atoms with E-state index in [1.807, 2.05) is 12.1 Å². The van der Waals surface area contributed by atoms with E-state index in [0.29, 0.717) is 32.0 Å². The second-order valence-corrected chi connectivity index (χ2v) is 12.1. The molecule has 3 aliphatic rings. The zero-order valence-electron chi connectivity index (χ0n) is 20.8. The van der Waals surface area contributed by atoms with Crippen LogP contribution in [-0.2, 0) is 21.5 Å². The van der Waals surface area contributed by atoms with Crippen LogP contribution in [0.2, 0.25) is 0 Å². The summed E-state index contributed by atoms with van der Waals surface area (Å²) in [6.07, 6.45) is 3.24. The van der Waals surface area contributed by atoms with E-state index in [-0.39, 0.29) is 18.4 Å². The first-order chi connectivity index (χ1) is 16.3. The minimum Gasteiger partial charge on any atom is -0.326 e. The molecule has 1 aromatic rings. The van der Waals surface area contributed by atoms with Gasteiger partial charge in [-0.05, 0) is 55.8 Å². The maximum atomic E-state index is 13.1. The van der Waals surface area contributed by atoms with Crippen molar-refractivity contribution in [2.24, 2.45) is 11.8 Å². The van der Waals surface area contributed by atoms with Crippen molar-refractivity contribution in [2.75, 3.05) is 64.2 Å². The molecule has 8 nitrogen and oxygen atoms in total. The van der Waals surface area contributed by atoms with E-state index in [0.717, 1.165) is 64.2 Å². The fourth-order valence-electron chi connectivity index (χ4n) is 5.20. The molecule has 3 aliphatic heterocycles. The van der Waals surface area contributed by atoms with Gasteiger partial charge in [-0.2, -0.15) is 17.0 Å². The van der Waals surface area contributed by atoms with Gasteiger partial charge < -0.3 is 10.2 Å². The summed E-state index contributed by atoms with van der Waals surface area (Å²) in [5.74, 6) is 0.168. The summed E-state index contributed by atoms with van der Waals surface area (Å²) in [7, 11) is -3.49. The summed E-state index contributed by atoms with van der Waals surface area (Å²) in [6.45, 7) is 12.8. The first-order valence-electron chi connectivity index (χ1n) is 12.9. The molecule has 0 radical (unpaired) electrons. The number of piperazine rings is 1. The van der Waals surface area contributed by atoms with Gasteiger partial charge in [-0.25, -0.2) is 0 Å². The number of rotatable bonds is 7. The Hall–Kier alpha value is -1.52. The molecule has 0 spiro atoms. The molecule has 1 aromatic carbocycles. The van der Waals surface area contributed by atoms with Gasteiger partial charge in [0.05, 0.1) is 5.92 Å². The third-order valence-electron chi connectivity index (χ3n) is 7.69. The molecule has 9 heteroatoms. The summed E-state index contributed by atoms with van der Waals surface area (Å²) in [5, 5.41) is 3.02. The molecule has 0 aliphatic carbocycles. The molecular weight excluding hydrogens is 450 g/mol. The third-order valence-corrected chi connectivity index (χ3v) is 9.69. The summed E-state index contributed by atoms with van der Waals surface area (Å²) in [5.41, 5.74) is 2.02. The Kier molecular flexibility index (Phi) is 8.63. The maximum Gasteiger partial charge on any atom is 0.281 e. The molecule has 190 valence electrons. The Morgan fingerprint density at radius 2 is 1.56 bits per heavy atom. The second kappa shape index (κ2) is 11.5. The molecule has 4 rings (SSSR count). The van der Waals surface area contributed by atoms with E-state index in [4.69, 9.17) is 0 Å². The van der Waals surface area contributed by atoms with Gasteiger partial charge >= 0.3 is 0 Å². The lowest BCUT2D eigenvalue weighted by atomic mass is 9.98. The van der Waals surface area contributed by atoms with Crippen LogP contribution in [0.25, 0.3) is 0 Å². The monoisotopic (exact) mass is 491 g/mol. The Labute approximate surface area is 205 Å². The van der Waals surface area contributed by atoms with Gasteiger partial charge in [0, 0.05) is 64.6 Å². The summed E-state index contributed by atoms with van der Waals surface area (Å²) in [6, 6.07) is 8.08. The number of nitrogens with zero attached hydrogens (tertiary/aromatic N) is 4. The summed E-state index contributed by atoms with van der Waals surface area (Å²) >= 11 is 0. The Morgan fingerprint density at radius 1 is 0.912 bits per heavy atom. The molecule has 1 N–H and O–H groups in total. The molecule has 0 saturated carbocycles. The van der Waals surface area contributed by atoms with Gasteiger partial charge in [-0.15, -0.1) is 0 Å². The lowest BCUT2D eigenvalue weighted by Gasteiger charge is -2.37. The molecule has 0 aromatic heterocycles. The fourth-order valence-corrected chi connectivity index (χ4v) is 6.93. The summed E-state index contributed by atoms with van der Waals surface area (Å²) < 4.78 is 29.4. The largest absolute Gasteiger partial charge is 0.326 e. The van der Waals surface area contributed by atoms with Crippen LogP contribution in [-0.4, -0.2) is 91.6 Å². The van der Waals surface area contributed by atoms with Crippen LogP contribution in [0.15, 0.2) is 24.3 Å². The van der Waals surface area contributed by atoms with Crippen LogP contribution >= 0.6 is 0 Å². The van der Waals surface area contributed by atoms with E-state index in [9.17, 15) is 13.2 Å². The number of carbonyl (C=O) groups is 1.